The lowest BCUT2D eigenvalue weighted by Gasteiger charge is -2.14. The topological polar surface area (TPSA) is 53.7 Å². The number of aryl methyl sites for hydroxylation is 2. The zero-order valence-electron chi connectivity index (χ0n) is 16.0. The van der Waals surface area contributed by atoms with Crippen LogP contribution >= 0.6 is 0 Å². The van der Waals surface area contributed by atoms with E-state index in [1.54, 1.807) is 19.2 Å². The lowest BCUT2D eigenvalue weighted by molar-refractivity contribution is -0.549. The molecule has 146 valence electrons. The third-order valence-electron chi connectivity index (χ3n) is 4.43. The number of nitrogens with zero attached hydrogens (tertiary/aromatic N) is 2. The van der Waals surface area contributed by atoms with Gasteiger partial charge in [-0.2, -0.15) is 0 Å². The minimum Gasteiger partial charge on any atom is -0.489 e. The number of ether oxygens (including phenoxy) is 1. The van der Waals surface area contributed by atoms with Gasteiger partial charge in [-0.05, 0) is 36.7 Å². The van der Waals surface area contributed by atoms with Gasteiger partial charge in [0.15, 0.2) is 12.7 Å². The molecule has 0 atom stereocenters. The van der Waals surface area contributed by atoms with Crippen molar-refractivity contribution in [3.63, 3.8) is 0 Å². The van der Waals surface area contributed by atoms with Gasteiger partial charge in [0, 0.05) is 11.3 Å². The van der Waals surface area contributed by atoms with Gasteiger partial charge in [0.1, 0.15) is 17.9 Å². The number of hydrogen-bond donors (Lipinski definition) is 1. The number of amides is 1. The van der Waals surface area contributed by atoms with Crippen LogP contribution in [0.4, 0.5) is 14.5 Å². The Morgan fingerprint density at radius 3 is 2.71 bits per heavy atom. The Bertz CT molecular complexity index is 968. The summed E-state index contributed by atoms with van der Waals surface area (Å²) in [6.07, 6.45) is -2.80. The van der Waals surface area contributed by atoms with Crippen LogP contribution in [0.25, 0.3) is 0 Å². The van der Waals surface area contributed by atoms with Crippen LogP contribution in [0.1, 0.15) is 16.7 Å². The number of benzene rings is 2. The third-order valence-corrected chi connectivity index (χ3v) is 4.43. The van der Waals surface area contributed by atoms with Gasteiger partial charge in [-0.25, -0.2) is 8.78 Å². The van der Waals surface area contributed by atoms with Crippen LogP contribution in [0.2, 0.25) is 0 Å². The van der Waals surface area contributed by atoms with Gasteiger partial charge in [-0.15, -0.1) is 4.70 Å². The maximum atomic E-state index is 13.1. The summed E-state index contributed by atoms with van der Waals surface area (Å²) in [5, 5.41) is 6.45. The van der Waals surface area contributed by atoms with E-state index in [1.165, 1.54) is 4.70 Å². The molecule has 3 rings (SSSR count). The Labute approximate surface area is 162 Å². The molecular formula is C21H22F2N3O2+. The predicted octanol–water partition coefficient (Wildman–Crippen LogP) is 4.45. The second kappa shape index (κ2) is 8.29. The van der Waals surface area contributed by atoms with Crippen molar-refractivity contribution in [2.24, 2.45) is 5.11 Å². The second-order valence-corrected chi connectivity index (χ2v) is 6.75. The maximum absolute atomic E-state index is 13.1. The van der Waals surface area contributed by atoms with Crippen LogP contribution < -0.4 is 10.1 Å². The minimum atomic E-state index is -2.80. The standard InChI is InChI=1S/C21H21F2N3O2/c1-13-8-9-18(14(2)10-13)28-12-15-6-4-5-7-17(15)24-21(27)16-11-26(3)25-19(16)20(22)23/h4-10,20H,11-12H2,1-3H3/p+1. The van der Waals surface area contributed by atoms with Gasteiger partial charge >= 0.3 is 0 Å². The van der Waals surface area contributed by atoms with Crippen molar-refractivity contribution >= 4 is 11.6 Å². The molecule has 0 bridgehead atoms. The van der Waals surface area contributed by atoms with Crippen LogP contribution in [0, 0.1) is 13.8 Å². The Kier molecular flexibility index (Phi) is 5.82. The number of carbonyl (C=O) groups is 1. The molecule has 0 spiro atoms. The van der Waals surface area contributed by atoms with Crippen LogP contribution in [-0.2, 0) is 11.4 Å². The van der Waals surface area contributed by atoms with Crippen molar-refractivity contribution in [1.29, 1.82) is 0 Å². The quantitative estimate of drug-likeness (QED) is 0.746. The monoisotopic (exact) mass is 386 g/mol. The van der Waals surface area contributed by atoms with Gasteiger partial charge in [0.25, 0.3) is 12.3 Å². The first-order valence-electron chi connectivity index (χ1n) is 8.88. The first kappa shape index (κ1) is 19.7. The van der Waals surface area contributed by atoms with Crippen molar-refractivity contribution in [3.05, 3.63) is 70.4 Å². The summed E-state index contributed by atoms with van der Waals surface area (Å²) in [7, 11) is 1.55. The summed E-state index contributed by atoms with van der Waals surface area (Å²) in [6.45, 7) is 4.27. The predicted molar refractivity (Wildman–Crippen MR) is 102 cm³/mol. The highest BCUT2D eigenvalue weighted by Crippen LogP contribution is 2.25. The molecule has 0 saturated carbocycles. The zero-order chi connectivity index (χ0) is 20.3. The molecule has 28 heavy (non-hydrogen) atoms. The van der Waals surface area contributed by atoms with Gasteiger partial charge in [0.05, 0.1) is 0 Å². The molecule has 0 radical (unpaired) electrons. The van der Waals surface area contributed by atoms with E-state index in [4.69, 9.17) is 4.74 Å². The van der Waals surface area contributed by atoms with E-state index < -0.39 is 18.0 Å². The van der Waals surface area contributed by atoms with E-state index in [9.17, 15) is 13.6 Å². The third kappa shape index (κ3) is 4.42. The molecule has 2 aromatic carbocycles. The van der Waals surface area contributed by atoms with E-state index in [2.05, 4.69) is 10.4 Å². The summed E-state index contributed by atoms with van der Waals surface area (Å²) in [6, 6.07) is 13.0. The number of alkyl halides is 2. The second-order valence-electron chi connectivity index (χ2n) is 6.75. The zero-order valence-corrected chi connectivity index (χ0v) is 16.0. The molecule has 1 aliphatic heterocycles. The molecule has 7 heteroatoms. The molecule has 0 aliphatic carbocycles. The fraction of sp³-hybridized carbons (Fsp3) is 0.286. The lowest BCUT2D eigenvalue weighted by atomic mass is 10.1. The van der Waals surface area contributed by atoms with Crippen molar-refractivity contribution < 1.29 is 23.0 Å². The van der Waals surface area contributed by atoms with Crippen molar-refractivity contribution in [2.75, 3.05) is 18.9 Å². The number of likely N-dealkylation sites (N-methyl/N-ethyl adjacent to an activating group) is 1. The summed E-state index contributed by atoms with van der Waals surface area (Å²) in [5.41, 5.74) is 2.93. The van der Waals surface area contributed by atoms with E-state index >= 15 is 0 Å². The summed E-state index contributed by atoms with van der Waals surface area (Å²) in [4.78, 5) is 12.6. The molecule has 0 fully saturated rings. The van der Waals surface area contributed by atoms with Crippen LogP contribution in [0.5, 0.6) is 5.75 Å². The minimum absolute atomic E-state index is 0.0254. The van der Waals surface area contributed by atoms with Gasteiger partial charge < -0.3 is 10.1 Å². The highest BCUT2D eigenvalue weighted by Gasteiger charge is 2.33. The molecule has 1 heterocycles. The molecule has 5 nitrogen and oxygen atoms in total. The summed E-state index contributed by atoms with van der Waals surface area (Å²) in [5.74, 6) is 0.174. The fourth-order valence-corrected chi connectivity index (χ4v) is 3.04. The average molecular weight is 386 g/mol. The normalized spacial score (nSPS) is 13.7. The number of azo groups is 2. The van der Waals surface area contributed by atoms with E-state index in [0.717, 1.165) is 22.4 Å². The summed E-state index contributed by atoms with van der Waals surface area (Å²) >= 11 is 0. The summed E-state index contributed by atoms with van der Waals surface area (Å²) < 4.78 is 33.5. The molecule has 1 amide bonds. The Hall–Kier alpha value is -3.09. The van der Waals surface area contributed by atoms with Gasteiger partial charge in [-0.1, -0.05) is 35.9 Å². The fourth-order valence-electron chi connectivity index (χ4n) is 3.04. The Balaban J connectivity index is 1.75. The number of allylic oxidation sites excluding steroid dienone is 1. The van der Waals surface area contributed by atoms with E-state index in [1.807, 2.05) is 44.2 Å². The van der Waals surface area contributed by atoms with Crippen molar-refractivity contribution in [2.45, 2.75) is 26.9 Å². The van der Waals surface area contributed by atoms with Crippen LogP contribution in [0.3, 0.4) is 0 Å². The number of para-hydroxylation sites is 1. The number of carbonyl (C=O) groups excluding carboxylic acids is 1. The molecule has 1 aliphatic rings. The van der Waals surface area contributed by atoms with Crippen LogP contribution in [-0.4, -0.2) is 30.6 Å². The van der Waals surface area contributed by atoms with Gasteiger partial charge in [-0.3, -0.25) is 4.79 Å². The molecule has 0 aromatic heterocycles. The molecule has 2 aromatic rings. The van der Waals surface area contributed by atoms with E-state index in [0.29, 0.717) is 5.69 Å². The molecular weight excluding hydrogens is 364 g/mol. The smallest absolute Gasteiger partial charge is 0.286 e. The Morgan fingerprint density at radius 2 is 2.00 bits per heavy atom. The number of nitrogens with one attached hydrogen (secondary N) is 1. The SMILES string of the molecule is Cc1ccc(OCc2ccccc2NC(=O)C2=C(C(F)F)N=[N+](C)C2)c(C)c1. The van der Waals surface area contributed by atoms with Crippen molar-refractivity contribution in [1.82, 2.24) is 0 Å². The highest BCUT2D eigenvalue weighted by molar-refractivity contribution is 6.05. The number of rotatable bonds is 6. The lowest BCUT2D eigenvalue weighted by Crippen LogP contribution is -2.20. The molecule has 0 unspecified atom stereocenters. The van der Waals surface area contributed by atoms with Gasteiger partial charge in [0.2, 0.25) is 6.54 Å². The maximum Gasteiger partial charge on any atom is 0.286 e. The molecule has 0 saturated heterocycles. The van der Waals surface area contributed by atoms with E-state index in [-0.39, 0.29) is 18.7 Å². The van der Waals surface area contributed by atoms with Crippen LogP contribution in [0.15, 0.2) is 58.8 Å². The van der Waals surface area contributed by atoms with Crippen molar-refractivity contribution in [3.8, 4) is 5.75 Å². The first-order chi connectivity index (χ1) is 13.3. The number of halogens is 2. The average Bonchev–Trinajstić information content (AvgIpc) is 3.04. The highest BCUT2D eigenvalue weighted by atomic mass is 19.3. The Morgan fingerprint density at radius 1 is 1.25 bits per heavy atom. The number of anilines is 1. The first-order valence-corrected chi connectivity index (χ1v) is 8.88. The largest absolute Gasteiger partial charge is 0.489 e. The molecule has 1 N–H and O–H groups in total. The number of hydrogen-bond acceptors (Lipinski definition) is 3.